The predicted octanol–water partition coefficient (Wildman–Crippen LogP) is 4.60. The van der Waals surface area contributed by atoms with Crippen molar-refractivity contribution < 1.29 is 29.4 Å². The van der Waals surface area contributed by atoms with E-state index < -0.39 is 17.1 Å². The number of carbonyl (C=O) groups excluding carboxylic acids is 1. The highest BCUT2D eigenvalue weighted by Crippen LogP contribution is 2.26. The van der Waals surface area contributed by atoms with Gasteiger partial charge in [-0.25, -0.2) is 20.4 Å². The summed E-state index contributed by atoms with van der Waals surface area (Å²) in [7, 11) is 0. The number of carbonyl (C=O) groups is 2. The molecule has 2 aromatic carbocycles. The van der Waals surface area contributed by atoms with Crippen molar-refractivity contribution in [3.05, 3.63) is 86.4 Å². The minimum atomic E-state index is -1.14. The van der Waals surface area contributed by atoms with Gasteiger partial charge in [0.2, 0.25) is 0 Å². The van der Waals surface area contributed by atoms with Crippen molar-refractivity contribution >= 4 is 29.5 Å². The number of hydrogen-bond donors (Lipinski definition) is 3. The van der Waals surface area contributed by atoms with Crippen LogP contribution in [0.3, 0.4) is 0 Å². The van der Waals surface area contributed by atoms with Crippen molar-refractivity contribution in [2.45, 2.75) is 52.0 Å². The first kappa shape index (κ1) is 32.8. The van der Waals surface area contributed by atoms with Gasteiger partial charge in [-0.3, -0.25) is 0 Å². The zero-order valence-corrected chi connectivity index (χ0v) is 24.4. The smallest absolute Gasteiger partial charge is 0.445 e. The normalized spacial score (nSPS) is 11.3. The molecule has 0 saturated heterocycles. The summed E-state index contributed by atoms with van der Waals surface area (Å²) in [4.78, 5) is 42.7. The zero-order chi connectivity index (χ0) is 31.4. The van der Waals surface area contributed by atoms with Crippen LogP contribution in [0.5, 0.6) is 0 Å². The second kappa shape index (κ2) is 16.1. The predicted molar refractivity (Wildman–Crippen MR) is 159 cm³/mol. The monoisotopic (exact) mass is 615 g/mol. The Hall–Kier alpha value is -4.69. The molecule has 1 aromatic heterocycles. The molecule has 15 heteroatoms. The van der Waals surface area contributed by atoms with Crippen LogP contribution in [0, 0.1) is 10.1 Å². The quantitative estimate of drug-likeness (QED) is 0.0388. The second-order valence-electron chi connectivity index (χ2n) is 9.47. The highest BCUT2D eigenvalue weighted by molar-refractivity contribution is 6.32. The molecular formula is C28H34ClN7O7. The number of benzene rings is 2. The maximum absolute atomic E-state index is 12.2. The summed E-state index contributed by atoms with van der Waals surface area (Å²) in [6.07, 6.45) is 2.94. The van der Waals surface area contributed by atoms with Crippen molar-refractivity contribution in [3.8, 4) is 11.1 Å². The second-order valence-corrected chi connectivity index (χ2v) is 9.82. The molecule has 0 unspecified atom stereocenters. The van der Waals surface area contributed by atoms with Crippen LogP contribution in [0.15, 0.2) is 53.6 Å². The highest BCUT2D eigenvalue weighted by Gasteiger charge is 2.21. The lowest BCUT2D eigenvalue weighted by Gasteiger charge is -2.14. The third kappa shape index (κ3) is 9.41. The van der Waals surface area contributed by atoms with Crippen LogP contribution in [-0.2, 0) is 22.5 Å². The number of rotatable bonds is 16. The molecule has 5 N–H and O–H groups in total. The van der Waals surface area contributed by atoms with Gasteiger partial charge in [0.15, 0.2) is 16.7 Å². The van der Waals surface area contributed by atoms with Gasteiger partial charge in [0, 0.05) is 18.5 Å². The molecular weight excluding hydrogens is 582 g/mol. The van der Waals surface area contributed by atoms with Crippen LogP contribution in [0.25, 0.3) is 11.1 Å². The number of imidazole rings is 1. The molecule has 0 atom stereocenters. The van der Waals surface area contributed by atoms with Crippen LogP contribution in [0.1, 0.15) is 66.5 Å². The molecule has 230 valence electrons. The number of aromatic carboxylic acids is 1. The number of carboxylic acids is 1. The fourth-order valence-corrected chi connectivity index (χ4v) is 4.53. The van der Waals surface area contributed by atoms with E-state index in [4.69, 9.17) is 27.9 Å². The third-order valence-corrected chi connectivity index (χ3v) is 6.65. The molecule has 14 nitrogen and oxygen atoms in total. The fourth-order valence-electron chi connectivity index (χ4n) is 4.25. The van der Waals surface area contributed by atoms with Crippen LogP contribution in [0.4, 0.5) is 4.79 Å². The summed E-state index contributed by atoms with van der Waals surface area (Å²) in [5, 5.41) is 23.4. The van der Waals surface area contributed by atoms with Crippen LogP contribution < -0.4 is 11.6 Å². The Balaban J connectivity index is 1.69. The van der Waals surface area contributed by atoms with Gasteiger partial charge in [-0.05, 0) is 42.4 Å². The number of hydrazone groups is 1. The Bertz CT molecular complexity index is 1440. The van der Waals surface area contributed by atoms with E-state index >= 15 is 0 Å². The largest absolute Gasteiger partial charge is 0.476 e. The number of hydrogen-bond acceptors (Lipinski definition) is 9. The van der Waals surface area contributed by atoms with Gasteiger partial charge >= 0.3 is 12.1 Å². The van der Waals surface area contributed by atoms with E-state index in [1.54, 1.807) is 16.7 Å². The van der Waals surface area contributed by atoms with E-state index in [9.17, 15) is 24.8 Å². The van der Waals surface area contributed by atoms with Crippen molar-refractivity contribution in [2.75, 3.05) is 13.2 Å². The van der Waals surface area contributed by atoms with Crippen LogP contribution in [-0.4, -0.2) is 56.0 Å². The number of hydrazine groups is 1. The molecule has 0 bridgehead atoms. The number of halogens is 1. The molecule has 0 saturated carbocycles. The van der Waals surface area contributed by atoms with Crippen molar-refractivity contribution in [1.82, 2.24) is 14.7 Å². The van der Waals surface area contributed by atoms with Crippen molar-refractivity contribution in [2.24, 2.45) is 16.7 Å². The van der Waals surface area contributed by atoms with E-state index in [0.29, 0.717) is 42.2 Å². The molecule has 0 aliphatic carbocycles. The van der Waals surface area contributed by atoms with Gasteiger partial charge in [0.1, 0.15) is 5.82 Å². The number of ether oxygens (including phenoxy) is 1. The Morgan fingerprint density at radius 1 is 1.12 bits per heavy atom. The first-order chi connectivity index (χ1) is 20.6. The van der Waals surface area contributed by atoms with Crippen molar-refractivity contribution in [1.29, 1.82) is 0 Å². The molecule has 0 aliphatic rings. The standard InChI is InChI=1S/C28H34ClN7O7/c1-2-3-11-23-32-25(29)24(27(37)38)34(23)18-19-12-14-20(15-13-19)21-9-5-6-10-22(21)26(30)33-35(31)28(39)42-16-7-4-8-17-43-36(40)41/h5-6,9-10,12-15H,2-4,7-8,11,16-18,31H2,1H3,(H2,30,33)(H,37,38). The lowest BCUT2D eigenvalue weighted by atomic mass is 9.98. The van der Waals surface area contributed by atoms with Gasteiger partial charge in [0.05, 0.1) is 13.2 Å². The molecule has 0 fully saturated rings. The molecule has 1 amide bonds. The molecule has 43 heavy (non-hydrogen) atoms. The topological polar surface area (TPSA) is 201 Å². The fraction of sp³-hybridized carbons (Fsp3) is 0.357. The lowest BCUT2D eigenvalue weighted by molar-refractivity contribution is -0.757. The maximum Gasteiger partial charge on any atom is 0.445 e. The van der Waals surface area contributed by atoms with E-state index in [1.165, 1.54) is 0 Å². The van der Waals surface area contributed by atoms with E-state index in [0.717, 1.165) is 29.5 Å². The minimum absolute atomic E-state index is 0.0178. The number of aryl methyl sites for hydroxylation is 1. The summed E-state index contributed by atoms with van der Waals surface area (Å²) in [5.74, 6) is 5.21. The maximum atomic E-state index is 12.2. The summed E-state index contributed by atoms with van der Waals surface area (Å²) in [6, 6.07) is 14.7. The third-order valence-electron chi connectivity index (χ3n) is 6.38. The summed E-state index contributed by atoms with van der Waals surface area (Å²) < 4.78 is 6.71. The highest BCUT2D eigenvalue weighted by atomic mass is 35.5. The van der Waals surface area contributed by atoms with Gasteiger partial charge in [-0.15, -0.1) is 20.3 Å². The van der Waals surface area contributed by atoms with Crippen LogP contribution >= 0.6 is 11.6 Å². The Labute approximate surface area is 252 Å². The van der Waals surface area contributed by atoms with Crippen molar-refractivity contribution in [3.63, 3.8) is 0 Å². The Kier molecular flexibility index (Phi) is 12.3. The lowest BCUT2D eigenvalue weighted by Crippen LogP contribution is -2.36. The van der Waals surface area contributed by atoms with E-state index in [2.05, 4.69) is 14.9 Å². The Morgan fingerprint density at radius 3 is 2.49 bits per heavy atom. The SMILES string of the molecule is CCCCc1nc(Cl)c(C(=O)O)n1Cc1ccc(-c2ccccc2/C(N)=N/N(N)C(=O)OCCCCCO[N+](=O)[O-])cc1. The Morgan fingerprint density at radius 2 is 1.81 bits per heavy atom. The van der Waals surface area contributed by atoms with Crippen LogP contribution in [0.2, 0.25) is 5.15 Å². The van der Waals surface area contributed by atoms with Gasteiger partial charge in [-0.2, -0.15) is 0 Å². The number of aromatic nitrogens is 2. The van der Waals surface area contributed by atoms with Gasteiger partial charge in [0.25, 0.3) is 5.09 Å². The zero-order valence-electron chi connectivity index (χ0n) is 23.6. The van der Waals surface area contributed by atoms with E-state index in [1.807, 2.05) is 43.3 Å². The number of nitrogens with zero attached hydrogens (tertiary/aromatic N) is 5. The summed E-state index contributed by atoms with van der Waals surface area (Å²) >= 11 is 6.15. The molecule has 1 heterocycles. The average molecular weight is 616 g/mol. The molecule has 0 radical (unpaired) electrons. The summed E-state index contributed by atoms with van der Waals surface area (Å²) in [5.41, 5.74) is 9.08. The van der Waals surface area contributed by atoms with Gasteiger partial charge in [-0.1, -0.05) is 73.5 Å². The molecule has 0 spiro atoms. The molecule has 0 aliphatic heterocycles. The number of carboxylic acid groups (broad SMARTS) is 1. The molecule has 3 aromatic rings. The van der Waals surface area contributed by atoms with Gasteiger partial charge < -0.3 is 25.0 Å². The first-order valence-corrected chi connectivity index (χ1v) is 14.0. The number of amides is 1. The molecule has 3 rings (SSSR count). The minimum Gasteiger partial charge on any atom is -0.476 e. The average Bonchev–Trinajstić information content (AvgIpc) is 3.29. The number of unbranched alkanes of at least 4 members (excludes halogenated alkanes) is 3. The number of amidine groups is 1. The summed E-state index contributed by atoms with van der Waals surface area (Å²) in [6.45, 7) is 2.34. The first-order valence-electron chi connectivity index (χ1n) is 13.6. The number of nitrogens with two attached hydrogens (primary N) is 2. The van der Waals surface area contributed by atoms with E-state index in [-0.39, 0.29) is 36.4 Å².